The molecule has 3 fully saturated rings. The van der Waals surface area contributed by atoms with Gasteiger partial charge in [0.25, 0.3) is 0 Å². The summed E-state index contributed by atoms with van der Waals surface area (Å²) in [5.41, 5.74) is 1.57. The Balaban J connectivity index is 1.56. The Morgan fingerprint density at radius 1 is 1.21 bits per heavy atom. The molecule has 2 heterocycles. The van der Waals surface area contributed by atoms with Crippen molar-refractivity contribution < 1.29 is 8.42 Å². The Kier molecular flexibility index (Phi) is 6.89. The van der Waals surface area contributed by atoms with Gasteiger partial charge in [0, 0.05) is 0 Å². The topological polar surface area (TPSA) is 61.4 Å². The third kappa shape index (κ3) is 4.26. The maximum absolute atomic E-state index is 14.0. The number of hydrogen-bond donors (Lipinski definition) is 2. The van der Waals surface area contributed by atoms with Crippen LogP contribution in [0.15, 0.2) is 0 Å². The van der Waals surface area contributed by atoms with E-state index in [1.807, 2.05) is 11.4 Å². The van der Waals surface area contributed by atoms with E-state index in [-0.39, 0.29) is 17.2 Å². The second kappa shape index (κ2) is 9.09. The van der Waals surface area contributed by atoms with Gasteiger partial charge in [-0.05, 0) is 0 Å². The van der Waals surface area contributed by atoms with Gasteiger partial charge in [0.05, 0.1) is 0 Å². The molecule has 0 spiro atoms. The minimum atomic E-state index is -3.28. The summed E-state index contributed by atoms with van der Waals surface area (Å²) in [5, 5.41) is 6.78. The summed E-state index contributed by atoms with van der Waals surface area (Å²) >= 11 is 0. The molecular formula is C22H40BN3O2S. The minimum absolute atomic E-state index is 0.150. The van der Waals surface area contributed by atoms with E-state index < -0.39 is 10.0 Å². The fourth-order valence-corrected chi connectivity index (χ4v) is 9.25. The van der Waals surface area contributed by atoms with Gasteiger partial charge in [-0.25, -0.2) is 0 Å². The van der Waals surface area contributed by atoms with Crippen LogP contribution in [0.4, 0.5) is 0 Å². The van der Waals surface area contributed by atoms with E-state index in [1.54, 1.807) is 5.46 Å². The molecule has 0 aromatic heterocycles. The van der Waals surface area contributed by atoms with Gasteiger partial charge in [0.2, 0.25) is 0 Å². The molecule has 2 saturated carbocycles. The normalized spacial score (nSPS) is 39.6. The summed E-state index contributed by atoms with van der Waals surface area (Å²) in [6.45, 7) is 9.24. The van der Waals surface area contributed by atoms with Crippen LogP contribution in [-0.2, 0) is 10.0 Å². The molecule has 4 aliphatic rings. The van der Waals surface area contributed by atoms with Crippen molar-refractivity contribution in [2.24, 2.45) is 23.7 Å². The van der Waals surface area contributed by atoms with E-state index in [9.17, 15) is 8.42 Å². The van der Waals surface area contributed by atoms with E-state index >= 15 is 0 Å². The monoisotopic (exact) mass is 421 g/mol. The van der Waals surface area contributed by atoms with Crippen molar-refractivity contribution in [3.05, 3.63) is 0 Å². The average Bonchev–Trinajstić information content (AvgIpc) is 2.66. The Morgan fingerprint density at radius 3 is 2.69 bits per heavy atom. The van der Waals surface area contributed by atoms with Gasteiger partial charge in [0.1, 0.15) is 0 Å². The summed E-state index contributed by atoms with van der Waals surface area (Å²) in [6.07, 6.45) is 8.92. The van der Waals surface area contributed by atoms with Crippen LogP contribution in [0, 0.1) is 23.7 Å². The molecule has 2 aliphatic carbocycles. The van der Waals surface area contributed by atoms with Crippen LogP contribution < -0.4 is 10.6 Å². The van der Waals surface area contributed by atoms with Crippen molar-refractivity contribution in [2.75, 3.05) is 26.7 Å². The molecule has 7 heteroatoms. The average molecular weight is 421 g/mol. The molecule has 164 valence electrons. The number of piperazine rings is 1. The number of nitrogens with zero attached hydrogens (tertiary/aromatic N) is 1. The summed E-state index contributed by atoms with van der Waals surface area (Å²) in [6, 6.07) is 0.492. The number of sulfonamides is 1. The first-order chi connectivity index (χ1) is 13.9. The van der Waals surface area contributed by atoms with Crippen LogP contribution in [0.3, 0.4) is 0 Å². The summed E-state index contributed by atoms with van der Waals surface area (Å²) in [5.74, 6) is 1.72. The fraction of sp³-hybridized carbons (Fsp3) is 0.955. The maximum atomic E-state index is 14.0. The van der Waals surface area contributed by atoms with Crippen molar-refractivity contribution in [2.45, 2.75) is 82.4 Å². The Labute approximate surface area is 178 Å². The van der Waals surface area contributed by atoms with Gasteiger partial charge < -0.3 is 0 Å². The standard InChI is InChI=1S/C22H40BN3O2S/c1-15-7-8-17(18(14-24-3)19-9-10-23-19)13-21(15)29(27,28)26-12-11-25-20-6-4-5-16(2)22(20)26/h15-18,20-22,24-25H,4-14H2,1-3H3. The number of nitrogens with one attached hydrogen (secondary N) is 2. The van der Waals surface area contributed by atoms with Crippen LogP contribution in [0.25, 0.3) is 0 Å². The first kappa shape index (κ1) is 22.0. The van der Waals surface area contributed by atoms with Crippen LogP contribution >= 0.6 is 0 Å². The van der Waals surface area contributed by atoms with Crippen molar-refractivity contribution in [1.29, 1.82) is 0 Å². The quantitative estimate of drug-likeness (QED) is 0.645. The van der Waals surface area contributed by atoms with Gasteiger partial charge >= 0.3 is 179 Å². The van der Waals surface area contributed by atoms with E-state index in [2.05, 4.69) is 31.4 Å². The van der Waals surface area contributed by atoms with Crippen molar-refractivity contribution in [1.82, 2.24) is 14.9 Å². The molecule has 4 rings (SSSR count). The van der Waals surface area contributed by atoms with Gasteiger partial charge in [-0.1, -0.05) is 0 Å². The van der Waals surface area contributed by atoms with E-state index in [1.165, 1.54) is 25.6 Å². The molecular weight excluding hydrogens is 381 g/mol. The molecule has 0 radical (unpaired) electrons. The van der Waals surface area contributed by atoms with Gasteiger partial charge in [-0.15, -0.1) is 0 Å². The SMILES string of the molecule is CNCC(C1=BCC1)C1CCC(C)C(S(=O)(=O)N2CCNC3CCCC(C)C32)C1. The molecule has 0 aromatic carbocycles. The third-order valence-electron chi connectivity index (χ3n) is 8.42. The molecule has 0 amide bonds. The van der Waals surface area contributed by atoms with Gasteiger partial charge in [0.15, 0.2) is 0 Å². The first-order valence-electron chi connectivity index (χ1n) is 12.0. The van der Waals surface area contributed by atoms with Crippen molar-refractivity contribution in [3.63, 3.8) is 0 Å². The van der Waals surface area contributed by atoms with E-state index in [4.69, 9.17) is 0 Å². The molecule has 29 heavy (non-hydrogen) atoms. The Bertz CT molecular complexity index is 711. The van der Waals surface area contributed by atoms with Crippen molar-refractivity contribution >= 4 is 22.4 Å². The zero-order valence-electron chi connectivity index (χ0n) is 18.6. The Hall–Kier alpha value is -0.235. The molecule has 0 aromatic rings. The zero-order valence-corrected chi connectivity index (χ0v) is 19.4. The molecule has 1 saturated heterocycles. The molecule has 0 bridgehead atoms. The van der Waals surface area contributed by atoms with Crippen LogP contribution in [0.1, 0.15) is 58.8 Å². The van der Waals surface area contributed by atoms with Crippen LogP contribution in [0.2, 0.25) is 6.32 Å². The summed E-state index contributed by atoms with van der Waals surface area (Å²) in [4.78, 5) is 0. The first-order valence-corrected chi connectivity index (χ1v) is 13.5. The molecule has 7 atom stereocenters. The number of hydrogen-bond acceptors (Lipinski definition) is 4. The second-order valence-electron chi connectivity index (χ2n) is 10.2. The number of fused-ring (bicyclic) bond motifs is 1. The predicted octanol–water partition coefficient (Wildman–Crippen LogP) is 2.12. The predicted molar refractivity (Wildman–Crippen MR) is 122 cm³/mol. The van der Waals surface area contributed by atoms with E-state index in [0.717, 1.165) is 38.8 Å². The van der Waals surface area contributed by atoms with E-state index in [0.29, 0.717) is 30.3 Å². The second-order valence-corrected chi connectivity index (χ2v) is 12.3. The third-order valence-corrected chi connectivity index (χ3v) is 10.9. The zero-order chi connectivity index (χ0) is 20.6. The summed E-state index contributed by atoms with van der Waals surface area (Å²) in [7, 11) is -1.25. The Morgan fingerprint density at radius 2 is 2.00 bits per heavy atom. The molecule has 5 nitrogen and oxygen atoms in total. The number of rotatable bonds is 6. The van der Waals surface area contributed by atoms with Crippen LogP contribution in [0.5, 0.6) is 0 Å². The van der Waals surface area contributed by atoms with Gasteiger partial charge in [-0.3, -0.25) is 0 Å². The van der Waals surface area contributed by atoms with Gasteiger partial charge in [-0.2, -0.15) is 0 Å². The molecule has 2 aliphatic heterocycles. The van der Waals surface area contributed by atoms with Crippen molar-refractivity contribution in [3.8, 4) is 0 Å². The summed E-state index contributed by atoms with van der Waals surface area (Å²) < 4.78 is 30.0. The van der Waals surface area contributed by atoms with Crippen LogP contribution in [-0.4, -0.2) is 69.1 Å². The molecule has 7 unspecified atom stereocenters. The molecule has 2 N–H and O–H groups in total. The fourth-order valence-electron chi connectivity index (χ4n) is 6.65.